The quantitative estimate of drug-likeness (QED) is 0.361. The van der Waals surface area contributed by atoms with Gasteiger partial charge in [0.05, 0.1) is 21.1 Å². The minimum atomic E-state index is -0.887. The predicted molar refractivity (Wildman–Crippen MR) is 151 cm³/mol. The predicted octanol–water partition coefficient (Wildman–Crippen LogP) is 4.06. The summed E-state index contributed by atoms with van der Waals surface area (Å²) in [5.74, 6) is -0.575. The molecule has 4 aromatic rings. The molecule has 3 N–H and O–H groups in total. The Morgan fingerprint density at radius 1 is 1.10 bits per heavy atom. The van der Waals surface area contributed by atoms with Gasteiger partial charge in [0.15, 0.2) is 10.9 Å². The molecule has 41 heavy (non-hydrogen) atoms. The SMILES string of the molecule is Nc1nc2c(-c3ncc4c(N5CC6CCC(C5)N6)nc(OC[C@@]56CCCN5C[C@H](F)C6)nc4c3F)ccc(F)c2s1. The molecule has 2 bridgehead atoms. The molecule has 3 aromatic heterocycles. The number of aromatic nitrogens is 4. The van der Waals surface area contributed by atoms with Crippen LogP contribution in [0.1, 0.15) is 32.1 Å². The number of ether oxygens (including phenoxy) is 1. The second-order valence-corrected chi connectivity index (χ2v) is 12.8. The number of benzene rings is 1. The number of hydrogen-bond acceptors (Lipinski definition) is 10. The number of rotatable bonds is 5. The summed E-state index contributed by atoms with van der Waals surface area (Å²) in [5, 5.41) is 4.27. The van der Waals surface area contributed by atoms with Crippen molar-refractivity contribution in [3.63, 3.8) is 0 Å². The lowest BCUT2D eigenvalue weighted by molar-refractivity contribution is 0.107. The minimum Gasteiger partial charge on any atom is -0.461 e. The van der Waals surface area contributed by atoms with E-state index in [1.165, 1.54) is 12.1 Å². The van der Waals surface area contributed by atoms with Crippen LogP contribution in [0, 0.1) is 11.6 Å². The highest BCUT2D eigenvalue weighted by Crippen LogP contribution is 2.41. The van der Waals surface area contributed by atoms with Gasteiger partial charge in [-0.1, -0.05) is 11.3 Å². The molecule has 0 saturated carbocycles. The van der Waals surface area contributed by atoms with Crippen LogP contribution in [0.4, 0.5) is 24.1 Å². The van der Waals surface area contributed by atoms with Gasteiger partial charge in [-0.05, 0) is 44.4 Å². The molecule has 4 atom stereocenters. The van der Waals surface area contributed by atoms with Gasteiger partial charge in [0.25, 0.3) is 0 Å². The third-order valence-electron chi connectivity index (χ3n) is 9.16. The van der Waals surface area contributed by atoms with Crippen LogP contribution >= 0.6 is 11.3 Å². The molecule has 2 unspecified atom stereocenters. The number of nitrogens with two attached hydrogens (primary N) is 1. The van der Waals surface area contributed by atoms with E-state index in [1.807, 2.05) is 0 Å². The normalized spacial score (nSPS) is 27.8. The molecule has 4 aliphatic rings. The fourth-order valence-electron chi connectivity index (χ4n) is 7.32. The summed E-state index contributed by atoms with van der Waals surface area (Å²) in [6, 6.07) is 3.44. The first-order valence-corrected chi connectivity index (χ1v) is 14.9. The third kappa shape index (κ3) is 4.11. The van der Waals surface area contributed by atoms with Gasteiger partial charge in [0, 0.05) is 49.9 Å². The molecule has 4 aliphatic heterocycles. The summed E-state index contributed by atoms with van der Waals surface area (Å²) in [6.45, 7) is 2.94. The van der Waals surface area contributed by atoms with Crippen LogP contribution < -0.4 is 20.7 Å². The Morgan fingerprint density at radius 3 is 2.76 bits per heavy atom. The van der Waals surface area contributed by atoms with Crippen molar-refractivity contribution in [3.05, 3.63) is 30.0 Å². The first kappa shape index (κ1) is 25.4. The van der Waals surface area contributed by atoms with Crippen molar-refractivity contribution in [1.29, 1.82) is 0 Å². The van der Waals surface area contributed by atoms with Gasteiger partial charge in [-0.2, -0.15) is 9.97 Å². The van der Waals surface area contributed by atoms with Crippen LogP contribution in [-0.4, -0.2) is 81.4 Å². The summed E-state index contributed by atoms with van der Waals surface area (Å²) in [4.78, 5) is 22.4. The molecule has 0 amide bonds. The Hall–Kier alpha value is -3.29. The molecule has 0 aliphatic carbocycles. The van der Waals surface area contributed by atoms with E-state index in [2.05, 4.69) is 30.1 Å². The van der Waals surface area contributed by atoms with Crippen LogP contribution in [-0.2, 0) is 0 Å². The maximum Gasteiger partial charge on any atom is 0.319 e. The van der Waals surface area contributed by atoms with Crippen molar-refractivity contribution in [2.75, 3.05) is 43.4 Å². The molecule has 1 aromatic carbocycles. The van der Waals surface area contributed by atoms with Gasteiger partial charge in [0.1, 0.15) is 35.6 Å². The molecule has 0 spiro atoms. The van der Waals surface area contributed by atoms with Crippen LogP contribution in [0.25, 0.3) is 32.4 Å². The largest absolute Gasteiger partial charge is 0.461 e. The second-order valence-electron chi connectivity index (χ2n) is 11.7. The number of anilines is 2. The monoisotopic (exact) mass is 582 g/mol. The number of nitrogens with one attached hydrogen (secondary N) is 1. The zero-order valence-corrected chi connectivity index (χ0v) is 23.1. The molecular formula is C28H29F3N8OS. The van der Waals surface area contributed by atoms with E-state index >= 15 is 4.39 Å². The molecule has 0 radical (unpaired) electrons. The number of alkyl halides is 1. The zero-order valence-electron chi connectivity index (χ0n) is 22.2. The van der Waals surface area contributed by atoms with E-state index in [9.17, 15) is 8.78 Å². The fraction of sp³-hybridized carbons (Fsp3) is 0.500. The van der Waals surface area contributed by atoms with Crippen LogP contribution in [0.15, 0.2) is 18.3 Å². The van der Waals surface area contributed by atoms with Gasteiger partial charge < -0.3 is 20.7 Å². The van der Waals surface area contributed by atoms with Crippen LogP contribution in [0.3, 0.4) is 0 Å². The summed E-state index contributed by atoms with van der Waals surface area (Å²) in [5.41, 5.74) is 6.13. The van der Waals surface area contributed by atoms with Gasteiger partial charge in [0.2, 0.25) is 0 Å². The first-order valence-electron chi connectivity index (χ1n) is 14.1. The summed E-state index contributed by atoms with van der Waals surface area (Å²) in [7, 11) is 0. The van der Waals surface area contributed by atoms with E-state index in [0.29, 0.717) is 41.8 Å². The average Bonchev–Trinajstić information content (AvgIpc) is 3.70. The van der Waals surface area contributed by atoms with Crippen molar-refractivity contribution < 1.29 is 17.9 Å². The summed E-state index contributed by atoms with van der Waals surface area (Å²) < 4.78 is 51.7. The summed E-state index contributed by atoms with van der Waals surface area (Å²) >= 11 is 1.01. The van der Waals surface area contributed by atoms with E-state index in [0.717, 1.165) is 56.7 Å². The van der Waals surface area contributed by atoms with E-state index in [-0.39, 0.29) is 39.2 Å². The van der Waals surface area contributed by atoms with E-state index in [1.54, 1.807) is 6.20 Å². The molecule has 214 valence electrons. The standard InChI is InChI=1S/C28H29F3N8OS/c29-14-8-28(6-1-7-39(28)10-14)13-40-27-36-22-18(25(37-27)38-11-15-2-3-16(12-38)34-15)9-33-21(20(22)31)17-4-5-19(30)24-23(17)35-26(32)41-24/h4-5,9,14-16,34H,1-3,6-8,10-13H2,(H2,32,35)/t14-,15?,16?,28+/m1/s1. The highest BCUT2D eigenvalue weighted by atomic mass is 32.1. The van der Waals surface area contributed by atoms with Crippen molar-refractivity contribution in [2.24, 2.45) is 0 Å². The van der Waals surface area contributed by atoms with Crippen molar-refractivity contribution in [3.8, 4) is 17.3 Å². The number of halogens is 3. The number of pyridine rings is 1. The van der Waals surface area contributed by atoms with E-state index in [4.69, 9.17) is 15.5 Å². The lowest BCUT2D eigenvalue weighted by atomic mass is 9.95. The molecule has 9 nitrogen and oxygen atoms in total. The smallest absolute Gasteiger partial charge is 0.319 e. The van der Waals surface area contributed by atoms with Crippen molar-refractivity contribution >= 4 is 43.4 Å². The lowest BCUT2D eigenvalue weighted by Crippen LogP contribution is -2.51. The third-order valence-corrected chi connectivity index (χ3v) is 10.1. The maximum absolute atomic E-state index is 16.4. The number of nitrogen functional groups attached to an aromatic ring is 1. The highest BCUT2D eigenvalue weighted by Gasteiger charge is 2.49. The number of hydrogen-bond donors (Lipinski definition) is 2. The zero-order chi connectivity index (χ0) is 27.9. The fourth-order valence-corrected chi connectivity index (χ4v) is 8.08. The van der Waals surface area contributed by atoms with Crippen molar-refractivity contribution in [1.82, 2.24) is 30.2 Å². The Balaban J connectivity index is 1.24. The Kier molecular flexibility index (Phi) is 5.81. The Morgan fingerprint density at radius 2 is 1.93 bits per heavy atom. The average molecular weight is 583 g/mol. The molecule has 4 fully saturated rings. The number of nitrogens with zero attached hydrogens (tertiary/aromatic N) is 6. The van der Waals surface area contributed by atoms with Crippen LogP contribution in [0.2, 0.25) is 0 Å². The van der Waals surface area contributed by atoms with E-state index < -0.39 is 23.3 Å². The molecule has 7 heterocycles. The molecular weight excluding hydrogens is 553 g/mol. The maximum atomic E-state index is 16.4. The van der Waals surface area contributed by atoms with Gasteiger partial charge in [-0.15, -0.1) is 0 Å². The Bertz CT molecular complexity index is 1670. The molecule has 13 heteroatoms. The number of thiazole rings is 1. The van der Waals surface area contributed by atoms with Gasteiger partial charge >= 0.3 is 6.01 Å². The lowest BCUT2D eigenvalue weighted by Gasteiger charge is -2.34. The van der Waals surface area contributed by atoms with Crippen LogP contribution in [0.5, 0.6) is 6.01 Å². The number of fused-ring (bicyclic) bond motifs is 5. The topological polar surface area (TPSA) is 105 Å². The second kappa shape index (κ2) is 9.36. The Labute approximate surface area is 237 Å². The molecule has 4 saturated heterocycles. The van der Waals surface area contributed by atoms with Gasteiger partial charge in [-0.25, -0.2) is 18.2 Å². The van der Waals surface area contributed by atoms with Gasteiger partial charge in [-0.3, -0.25) is 9.88 Å². The first-order chi connectivity index (χ1) is 19.9. The summed E-state index contributed by atoms with van der Waals surface area (Å²) in [6.07, 6.45) is 5.07. The number of piperazine rings is 1. The molecule has 8 rings (SSSR count). The highest BCUT2D eigenvalue weighted by molar-refractivity contribution is 7.22. The van der Waals surface area contributed by atoms with Crippen molar-refractivity contribution in [2.45, 2.75) is 55.9 Å². The minimum absolute atomic E-state index is 0.000376.